The minimum atomic E-state index is -2.45. The second-order valence-electron chi connectivity index (χ2n) is 1.77. The predicted octanol–water partition coefficient (Wildman–Crippen LogP) is 2.44. The summed E-state index contributed by atoms with van der Waals surface area (Å²) >= 11 is 1.16. The number of hydrogen-bond donors (Lipinski definition) is 0. The van der Waals surface area contributed by atoms with Crippen molar-refractivity contribution in [2.24, 2.45) is 0 Å². The van der Waals surface area contributed by atoms with Crippen LogP contribution in [0.1, 0.15) is 23.9 Å². The van der Waals surface area contributed by atoms with Crippen LogP contribution < -0.4 is 0 Å². The zero-order valence-corrected chi connectivity index (χ0v) is 6.21. The van der Waals surface area contributed by atoms with E-state index in [4.69, 9.17) is 0 Å². The highest BCUT2D eigenvalue weighted by Crippen LogP contribution is 2.23. The Balaban J connectivity index is 2.90. The van der Waals surface area contributed by atoms with E-state index in [9.17, 15) is 8.78 Å². The Morgan fingerprint density at radius 1 is 1.70 bits per heavy atom. The molecular weight excluding hydrogens is 156 g/mol. The standard InChI is InChI=1S/C6H6F2NS/c1-2-4-5(6(7)8)9-3-10-4/h6H,2H2,1H3. The first-order valence-electron chi connectivity index (χ1n) is 2.89. The molecule has 1 aromatic heterocycles. The third-order valence-corrected chi connectivity index (χ3v) is 2.08. The van der Waals surface area contributed by atoms with Crippen molar-refractivity contribution in [1.82, 2.24) is 4.98 Å². The van der Waals surface area contributed by atoms with Gasteiger partial charge in [0.15, 0.2) is 5.51 Å². The lowest BCUT2D eigenvalue weighted by Crippen LogP contribution is -1.88. The van der Waals surface area contributed by atoms with Crippen LogP contribution >= 0.6 is 11.3 Å². The van der Waals surface area contributed by atoms with Gasteiger partial charge in [-0.15, -0.1) is 11.3 Å². The average molecular weight is 162 g/mol. The number of aryl methyl sites for hydroxylation is 1. The molecule has 1 heterocycles. The summed E-state index contributed by atoms with van der Waals surface area (Å²) in [5, 5.41) is 0. The van der Waals surface area contributed by atoms with Gasteiger partial charge >= 0.3 is 0 Å². The van der Waals surface area contributed by atoms with Gasteiger partial charge in [-0.25, -0.2) is 13.8 Å². The van der Waals surface area contributed by atoms with Crippen LogP contribution in [0.3, 0.4) is 0 Å². The summed E-state index contributed by atoms with van der Waals surface area (Å²) in [5.41, 5.74) is 2.34. The number of alkyl halides is 2. The fourth-order valence-corrected chi connectivity index (χ4v) is 1.30. The van der Waals surface area contributed by atoms with Gasteiger partial charge in [0.25, 0.3) is 6.43 Å². The molecule has 0 aromatic carbocycles. The van der Waals surface area contributed by atoms with Crippen molar-refractivity contribution >= 4 is 11.3 Å². The summed E-state index contributed by atoms with van der Waals surface area (Å²) in [6.45, 7) is 1.83. The van der Waals surface area contributed by atoms with Crippen LogP contribution in [0, 0.1) is 5.51 Å². The summed E-state index contributed by atoms with van der Waals surface area (Å²) < 4.78 is 23.9. The minimum Gasteiger partial charge on any atom is -0.232 e. The van der Waals surface area contributed by atoms with Gasteiger partial charge in [-0.05, 0) is 6.42 Å². The first kappa shape index (κ1) is 7.60. The lowest BCUT2D eigenvalue weighted by Gasteiger charge is -1.94. The molecule has 1 nitrogen and oxygen atoms in total. The summed E-state index contributed by atoms with van der Waals surface area (Å²) in [5.74, 6) is 0. The van der Waals surface area contributed by atoms with Gasteiger partial charge in [0, 0.05) is 4.88 Å². The molecule has 0 bridgehead atoms. The van der Waals surface area contributed by atoms with Crippen LogP contribution in [0.25, 0.3) is 0 Å². The summed E-state index contributed by atoms with van der Waals surface area (Å²) in [4.78, 5) is 4.06. The van der Waals surface area contributed by atoms with Crippen molar-refractivity contribution in [2.45, 2.75) is 19.8 Å². The topological polar surface area (TPSA) is 12.9 Å². The van der Waals surface area contributed by atoms with Crippen molar-refractivity contribution < 1.29 is 8.78 Å². The highest BCUT2D eigenvalue weighted by Gasteiger charge is 2.14. The van der Waals surface area contributed by atoms with Gasteiger partial charge in [-0.1, -0.05) is 6.92 Å². The molecule has 10 heavy (non-hydrogen) atoms. The quantitative estimate of drug-likeness (QED) is 0.650. The summed E-state index contributed by atoms with van der Waals surface area (Å²) in [6.07, 6.45) is -1.83. The van der Waals surface area contributed by atoms with E-state index < -0.39 is 6.43 Å². The van der Waals surface area contributed by atoms with Crippen LogP contribution in [0.2, 0.25) is 0 Å². The maximum absolute atomic E-state index is 12.0. The lowest BCUT2D eigenvalue weighted by atomic mass is 10.3. The molecule has 0 amide bonds. The molecule has 0 fully saturated rings. The van der Waals surface area contributed by atoms with Gasteiger partial charge in [-0.3, -0.25) is 0 Å². The molecule has 0 N–H and O–H groups in total. The van der Waals surface area contributed by atoms with E-state index in [-0.39, 0.29) is 5.69 Å². The first-order chi connectivity index (χ1) is 4.75. The van der Waals surface area contributed by atoms with E-state index in [1.807, 2.05) is 6.92 Å². The van der Waals surface area contributed by atoms with Gasteiger partial charge in [0.1, 0.15) is 5.69 Å². The molecule has 1 aromatic rings. The van der Waals surface area contributed by atoms with E-state index >= 15 is 0 Å². The van der Waals surface area contributed by atoms with Crippen LogP contribution in [0.4, 0.5) is 8.78 Å². The lowest BCUT2D eigenvalue weighted by molar-refractivity contribution is 0.146. The molecule has 1 radical (unpaired) electrons. The zero-order chi connectivity index (χ0) is 7.56. The van der Waals surface area contributed by atoms with E-state index in [2.05, 4.69) is 10.5 Å². The molecule has 0 aliphatic carbocycles. The molecule has 0 unspecified atom stereocenters. The van der Waals surface area contributed by atoms with Gasteiger partial charge in [-0.2, -0.15) is 0 Å². The molecule has 4 heteroatoms. The molecule has 55 valence electrons. The van der Waals surface area contributed by atoms with Crippen molar-refractivity contribution in [3.63, 3.8) is 0 Å². The van der Waals surface area contributed by atoms with Gasteiger partial charge in [0.2, 0.25) is 0 Å². The van der Waals surface area contributed by atoms with Crippen LogP contribution in [0.15, 0.2) is 0 Å². The Bertz CT molecular complexity index is 209. The van der Waals surface area contributed by atoms with Crippen molar-refractivity contribution in [3.8, 4) is 0 Å². The number of nitrogens with zero attached hydrogens (tertiary/aromatic N) is 1. The predicted molar refractivity (Wildman–Crippen MR) is 35.3 cm³/mol. The second kappa shape index (κ2) is 3.05. The smallest absolute Gasteiger partial charge is 0.232 e. The van der Waals surface area contributed by atoms with Crippen LogP contribution in [-0.4, -0.2) is 4.98 Å². The van der Waals surface area contributed by atoms with Crippen molar-refractivity contribution in [3.05, 3.63) is 16.1 Å². The second-order valence-corrected chi connectivity index (χ2v) is 2.65. The number of rotatable bonds is 2. The molecule has 1 rings (SSSR count). The van der Waals surface area contributed by atoms with Gasteiger partial charge < -0.3 is 0 Å². The third-order valence-electron chi connectivity index (χ3n) is 1.15. The monoisotopic (exact) mass is 162 g/mol. The number of aromatic nitrogens is 1. The Morgan fingerprint density at radius 2 is 2.40 bits per heavy atom. The molecule has 0 saturated heterocycles. The molecule has 0 aliphatic rings. The number of halogens is 2. The zero-order valence-electron chi connectivity index (χ0n) is 5.40. The van der Waals surface area contributed by atoms with E-state index in [1.165, 1.54) is 0 Å². The molecule has 0 saturated carbocycles. The number of hydrogen-bond acceptors (Lipinski definition) is 2. The van der Waals surface area contributed by atoms with E-state index in [1.54, 1.807) is 0 Å². The number of thiazole rings is 1. The largest absolute Gasteiger partial charge is 0.281 e. The highest BCUT2D eigenvalue weighted by molar-refractivity contribution is 7.09. The Morgan fingerprint density at radius 3 is 2.80 bits per heavy atom. The molecule has 0 atom stereocenters. The summed E-state index contributed by atoms with van der Waals surface area (Å²) in [6, 6.07) is 0. The third kappa shape index (κ3) is 1.31. The van der Waals surface area contributed by atoms with E-state index in [0.29, 0.717) is 11.3 Å². The maximum atomic E-state index is 12.0. The molecule has 0 spiro atoms. The first-order valence-corrected chi connectivity index (χ1v) is 3.71. The van der Waals surface area contributed by atoms with Crippen molar-refractivity contribution in [1.29, 1.82) is 0 Å². The average Bonchev–Trinajstić information content (AvgIpc) is 2.33. The fraction of sp³-hybridized carbons (Fsp3) is 0.500. The Labute approximate surface area is 61.7 Å². The Hall–Kier alpha value is -0.510. The van der Waals surface area contributed by atoms with E-state index in [0.717, 1.165) is 11.3 Å². The van der Waals surface area contributed by atoms with Crippen molar-refractivity contribution in [2.75, 3.05) is 0 Å². The molecular formula is C6H6F2NS. The van der Waals surface area contributed by atoms with Crippen LogP contribution in [-0.2, 0) is 6.42 Å². The maximum Gasteiger partial charge on any atom is 0.281 e. The SMILES string of the molecule is CCc1s[c]nc1C(F)F. The molecule has 0 aliphatic heterocycles. The summed E-state index contributed by atoms with van der Waals surface area (Å²) in [7, 11) is 0. The Kier molecular flexibility index (Phi) is 2.32. The minimum absolute atomic E-state index is 0.104. The fourth-order valence-electron chi connectivity index (χ4n) is 0.666. The highest BCUT2D eigenvalue weighted by atomic mass is 32.1. The van der Waals surface area contributed by atoms with Gasteiger partial charge in [0.05, 0.1) is 0 Å². The van der Waals surface area contributed by atoms with Crippen LogP contribution in [0.5, 0.6) is 0 Å². The normalized spacial score (nSPS) is 10.8.